The van der Waals surface area contributed by atoms with Gasteiger partial charge in [-0.3, -0.25) is 4.79 Å². The number of amides is 1. The first-order valence-electron chi connectivity index (χ1n) is 8.95. The molecule has 142 valence electrons. The van der Waals surface area contributed by atoms with Crippen molar-refractivity contribution in [2.45, 2.75) is 32.2 Å². The molecule has 1 amide bonds. The minimum atomic E-state index is -0.213. The molecule has 0 N–H and O–H groups in total. The minimum absolute atomic E-state index is 0.213. The van der Waals surface area contributed by atoms with Crippen LogP contribution in [0.4, 0.5) is 0 Å². The van der Waals surface area contributed by atoms with Gasteiger partial charge in [0.15, 0.2) is 4.80 Å². The molecule has 0 unspecified atom stereocenters. The number of carbonyl (C=O) groups is 1. The van der Waals surface area contributed by atoms with Crippen molar-refractivity contribution in [1.82, 2.24) is 4.57 Å². The van der Waals surface area contributed by atoms with Gasteiger partial charge in [0.2, 0.25) is 0 Å². The Morgan fingerprint density at radius 3 is 2.52 bits per heavy atom. The highest BCUT2D eigenvalue weighted by molar-refractivity contribution is 7.98. The fraction of sp³-hybridized carbons (Fsp3) is 0.333. The number of carbonyl (C=O) groups excluding carboxylic acids is 1. The summed E-state index contributed by atoms with van der Waals surface area (Å²) in [6, 6.07) is 11.8. The number of hydrogen-bond donors (Lipinski definition) is 0. The summed E-state index contributed by atoms with van der Waals surface area (Å²) in [5.74, 6) is -0.213. The van der Waals surface area contributed by atoms with Crippen LogP contribution in [-0.4, -0.2) is 29.9 Å². The van der Waals surface area contributed by atoms with E-state index in [0.717, 1.165) is 15.2 Å². The van der Waals surface area contributed by atoms with E-state index in [2.05, 4.69) is 35.5 Å². The first-order valence-corrected chi connectivity index (χ1v) is 11.0. The number of aryl methyl sites for hydroxylation is 2. The summed E-state index contributed by atoms with van der Waals surface area (Å²) in [5, 5.41) is 0. The van der Waals surface area contributed by atoms with E-state index in [0.29, 0.717) is 25.3 Å². The Bertz CT molecular complexity index is 1020. The van der Waals surface area contributed by atoms with Gasteiger partial charge in [0.25, 0.3) is 5.91 Å². The maximum absolute atomic E-state index is 12.7. The van der Waals surface area contributed by atoms with Crippen molar-refractivity contribution in [3.05, 3.63) is 57.9 Å². The normalized spacial score (nSPS) is 12.1. The lowest BCUT2D eigenvalue weighted by atomic mass is 10.1. The molecule has 0 saturated carbocycles. The van der Waals surface area contributed by atoms with Gasteiger partial charge in [0, 0.05) is 23.6 Å². The maximum Gasteiger partial charge on any atom is 0.279 e. The standard InChI is InChI=1S/C21H24N2O2S2/c1-5-25-13-12-23-18-14(2)6-7-15(3)19(18)27-21(23)22-20(24)16-8-10-17(26-4)11-9-16/h6-11H,5,12-13H2,1-4H3. The summed E-state index contributed by atoms with van der Waals surface area (Å²) >= 11 is 3.22. The zero-order valence-corrected chi connectivity index (χ0v) is 17.7. The smallest absolute Gasteiger partial charge is 0.279 e. The molecule has 0 saturated heterocycles. The lowest BCUT2D eigenvalue weighted by Gasteiger charge is -2.08. The Kier molecular flexibility index (Phi) is 6.52. The van der Waals surface area contributed by atoms with Crippen LogP contribution in [0.15, 0.2) is 46.3 Å². The van der Waals surface area contributed by atoms with Crippen LogP contribution in [0.3, 0.4) is 0 Å². The number of hydrogen-bond acceptors (Lipinski definition) is 4. The first-order chi connectivity index (χ1) is 13.0. The van der Waals surface area contributed by atoms with Crippen LogP contribution >= 0.6 is 23.1 Å². The topological polar surface area (TPSA) is 43.6 Å². The number of ether oxygens (including phenoxy) is 1. The SMILES string of the molecule is CCOCCn1c(=NC(=O)c2ccc(SC)cc2)sc2c(C)ccc(C)c21. The molecule has 0 radical (unpaired) electrons. The van der Waals surface area contributed by atoms with Crippen molar-refractivity contribution in [2.75, 3.05) is 19.5 Å². The number of fused-ring (bicyclic) bond motifs is 1. The largest absolute Gasteiger partial charge is 0.380 e. The van der Waals surface area contributed by atoms with E-state index in [1.807, 2.05) is 37.4 Å². The van der Waals surface area contributed by atoms with E-state index in [9.17, 15) is 4.79 Å². The highest BCUT2D eigenvalue weighted by atomic mass is 32.2. The van der Waals surface area contributed by atoms with Gasteiger partial charge >= 0.3 is 0 Å². The van der Waals surface area contributed by atoms with Crippen molar-refractivity contribution in [1.29, 1.82) is 0 Å². The number of thiazole rings is 1. The number of nitrogens with zero attached hydrogens (tertiary/aromatic N) is 2. The quantitative estimate of drug-likeness (QED) is 0.440. The molecule has 4 nitrogen and oxygen atoms in total. The Hall–Kier alpha value is -1.89. The molecular formula is C21H24N2O2S2. The zero-order valence-electron chi connectivity index (χ0n) is 16.1. The van der Waals surface area contributed by atoms with Crippen LogP contribution < -0.4 is 4.80 Å². The van der Waals surface area contributed by atoms with Gasteiger partial charge in [-0.2, -0.15) is 4.99 Å². The summed E-state index contributed by atoms with van der Waals surface area (Å²) in [4.78, 5) is 19.0. The Morgan fingerprint density at radius 1 is 1.15 bits per heavy atom. The number of rotatable bonds is 6. The van der Waals surface area contributed by atoms with E-state index in [4.69, 9.17) is 4.74 Å². The third-order valence-electron chi connectivity index (χ3n) is 4.42. The fourth-order valence-electron chi connectivity index (χ4n) is 2.95. The molecule has 0 bridgehead atoms. The summed E-state index contributed by atoms with van der Waals surface area (Å²) in [5.41, 5.74) is 4.13. The van der Waals surface area contributed by atoms with E-state index in [-0.39, 0.29) is 5.91 Å². The molecule has 0 aliphatic rings. The van der Waals surface area contributed by atoms with Crippen molar-refractivity contribution in [2.24, 2.45) is 4.99 Å². The Balaban J connectivity index is 2.09. The molecule has 1 heterocycles. The summed E-state index contributed by atoms with van der Waals surface area (Å²) in [6.07, 6.45) is 2.02. The fourth-order valence-corrected chi connectivity index (χ4v) is 4.56. The van der Waals surface area contributed by atoms with Crippen LogP contribution in [0.25, 0.3) is 10.2 Å². The summed E-state index contributed by atoms with van der Waals surface area (Å²) in [6.45, 7) is 8.12. The molecule has 0 aliphatic carbocycles. The molecule has 0 aliphatic heterocycles. The monoisotopic (exact) mass is 400 g/mol. The van der Waals surface area contributed by atoms with Crippen molar-refractivity contribution in [3.8, 4) is 0 Å². The van der Waals surface area contributed by atoms with E-state index in [1.54, 1.807) is 23.1 Å². The second kappa shape index (κ2) is 8.87. The van der Waals surface area contributed by atoms with Gasteiger partial charge in [-0.1, -0.05) is 23.5 Å². The van der Waals surface area contributed by atoms with Gasteiger partial charge in [0.1, 0.15) is 0 Å². The third kappa shape index (κ3) is 4.34. The molecule has 6 heteroatoms. The Labute approximate surface area is 167 Å². The van der Waals surface area contributed by atoms with Crippen LogP contribution in [0.1, 0.15) is 28.4 Å². The van der Waals surface area contributed by atoms with Crippen molar-refractivity contribution >= 4 is 39.2 Å². The van der Waals surface area contributed by atoms with Crippen LogP contribution in [0.5, 0.6) is 0 Å². The van der Waals surface area contributed by atoms with E-state index in [1.165, 1.54) is 15.8 Å². The third-order valence-corrected chi connectivity index (χ3v) is 6.38. The van der Waals surface area contributed by atoms with Gasteiger partial charge < -0.3 is 9.30 Å². The molecule has 3 rings (SSSR count). The first kappa shape index (κ1) is 19.9. The molecular weight excluding hydrogens is 376 g/mol. The average molecular weight is 401 g/mol. The van der Waals surface area contributed by atoms with Crippen molar-refractivity contribution in [3.63, 3.8) is 0 Å². The lowest BCUT2D eigenvalue weighted by Crippen LogP contribution is -2.20. The molecule has 3 aromatic rings. The van der Waals surface area contributed by atoms with Crippen LogP contribution in [-0.2, 0) is 11.3 Å². The molecule has 2 aromatic carbocycles. The molecule has 1 aromatic heterocycles. The van der Waals surface area contributed by atoms with Crippen LogP contribution in [0.2, 0.25) is 0 Å². The summed E-state index contributed by atoms with van der Waals surface area (Å²) in [7, 11) is 0. The van der Waals surface area contributed by atoms with Gasteiger partial charge in [0.05, 0.1) is 16.8 Å². The number of thioether (sulfide) groups is 1. The second-order valence-electron chi connectivity index (χ2n) is 6.26. The average Bonchev–Trinajstić information content (AvgIpc) is 3.04. The van der Waals surface area contributed by atoms with Gasteiger partial charge in [-0.25, -0.2) is 0 Å². The van der Waals surface area contributed by atoms with E-state index >= 15 is 0 Å². The number of benzene rings is 2. The van der Waals surface area contributed by atoms with Crippen LogP contribution in [0, 0.1) is 13.8 Å². The second-order valence-corrected chi connectivity index (χ2v) is 8.11. The molecule has 27 heavy (non-hydrogen) atoms. The summed E-state index contributed by atoms with van der Waals surface area (Å²) < 4.78 is 8.84. The van der Waals surface area contributed by atoms with E-state index < -0.39 is 0 Å². The maximum atomic E-state index is 12.7. The highest BCUT2D eigenvalue weighted by Crippen LogP contribution is 2.25. The van der Waals surface area contributed by atoms with Gasteiger partial charge in [-0.05, 0) is 62.4 Å². The highest BCUT2D eigenvalue weighted by Gasteiger charge is 2.13. The van der Waals surface area contributed by atoms with Crippen molar-refractivity contribution < 1.29 is 9.53 Å². The lowest BCUT2D eigenvalue weighted by molar-refractivity contribution is 0.0996. The predicted octanol–water partition coefficient (Wildman–Crippen LogP) is 4.82. The molecule has 0 fully saturated rings. The van der Waals surface area contributed by atoms with Gasteiger partial charge in [-0.15, -0.1) is 11.8 Å². The molecule has 0 atom stereocenters. The minimum Gasteiger partial charge on any atom is -0.380 e. The predicted molar refractivity (Wildman–Crippen MR) is 114 cm³/mol. The zero-order chi connectivity index (χ0) is 19.4. The number of aromatic nitrogens is 1. The Morgan fingerprint density at radius 2 is 1.85 bits per heavy atom. The molecule has 0 spiro atoms.